The number of benzene rings is 3. The molecule has 0 saturated heterocycles. The van der Waals surface area contributed by atoms with Crippen molar-refractivity contribution in [2.45, 2.75) is 0 Å². The van der Waals surface area contributed by atoms with E-state index in [0.29, 0.717) is 11.1 Å². The van der Waals surface area contributed by atoms with Gasteiger partial charge in [-0.2, -0.15) is 0 Å². The summed E-state index contributed by atoms with van der Waals surface area (Å²) >= 11 is 0. The van der Waals surface area contributed by atoms with Crippen LogP contribution in [0, 0.1) is 0 Å². The first-order valence-corrected chi connectivity index (χ1v) is 14.1. The van der Waals surface area contributed by atoms with E-state index in [4.69, 9.17) is 0 Å². The number of nitrogens with zero attached hydrogens (tertiary/aromatic N) is 2. The van der Waals surface area contributed by atoms with Crippen LogP contribution in [0.5, 0.6) is 0 Å². The van der Waals surface area contributed by atoms with Crippen molar-refractivity contribution in [3.05, 3.63) is 171 Å². The first-order valence-electron chi connectivity index (χ1n) is 14.1. The molecule has 0 atom stereocenters. The van der Waals surface area contributed by atoms with E-state index in [9.17, 15) is 9.59 Å². The third kappa shape index (κ3) is 14.0. The van der Waals surface area contributed by atoms with E-state index in [-0.39, 0.29) is 5.78 Å². The summed E-state index contributed by atoms with van der Waals surface area (Å²) in [6.45, 7) is 26.9. The monoisotopic (exact) mass is 575 g/mol. The molecular weight excluding hydrogens is 530 g/mol. The maximum atomic E-state index is 12.8. The fourth-order valence-corrected chi connectivity index (χ4v) is 3.83. The Labute approximate surface area is 258 Å². The predicted octanol–water partition coefficient (Wildman–Crippen LogP) is 7.72. The van der Waals surface area contributed by atoms with Crippen molar-refractivity contribution in [3.8, 4) is 0 Å². The normalized spacial score (nSPS) is 9.40. The molecule has 3 aromatic rings. The van der Waals surface area contributed by atoms with Crippen LogP contribution in [-0.2, 0) is 0 Å². The summed E-state index contributed by atoms with van der Waals surface area (Å²) in [5.74, 6) is 0.0103. The van der Waals surface area contributed by atoms with Crippen molar-refractivity contribution in [2.24, 2.45) is 0 Å². The Hall–Kier alpha value is -5.00. The molecular formula is C38H45N3O2. The van der Waals surface area contributed by atoms with Gasteiger partial charge in [0.2, 0.25) is 0 Å². The first kappa shape index (κ1) is 36.0. The van der Waals surface area contributed by atoms with Gasteiger partial charge in [-0.3, -0.25) is 9.59 Å². The summed E-state index contributed by atoms with van der Waals surface area (Å²) in [6, 6.07) is 24.4. The van der Waals surface area contributed by atoms with Gasteiger partial charge in [0, 0.05) is 67.3 Å². The smallest absolute Gasteiger partial charge is 0.193 e. The second kappa shape index (κ2) is 22.7. The molecule has 3 rings (SSSR count). The van der Waals surface area contributed by atoms with E-state index in [1.807, 2.05) is 103 Å². The van der Waals surface area contributed by atoms with E-state index in [1.165, 1.54) is 0 Å². The van der Waals surface area contributed by atoms with Crippen LogP contribution < -0.4 is 15.1 Å². The lowest BCUT2D eigenvalue weighted by atomic mass is 10.0. The number of aldehydes is 1. The van der Waals surface area contributed by atoms with Gasteiger partial charge in [-0.05, 0) is 48.5 Å². The zero-order chi connectivity index (χ0) is 31.7. The molecule has 0 fully saturated rings. The molecule has 0 aromatic heterocycles. The highest BCUT2D eigenvalue weighted by Crippen LogP contribution is 2.20. The maximum absolute atomic E-state index is 12.8. The van der Waals surface area contributed by atoms with Crippen molar-refractivity contribution in [3.63, 3.8) is 0 Å². The van der Waals surface area contributed by atoms with Gasteiger partial charge in [-0.25, -0.2) is 0 Å². The molecule has 3 aromatic carbocycles. The minimum absolute atomic E-state index is 0.0103. The average molecular weight is 576 g/mol. The molecule has 224 valence electrons. The van der Waals surface area contributed by atoms with Crippen LogP contribution in [0.15, 0.2) is 155 Å². The second-order valence-corrected chi connectivity index (χ2v) is 9.15. The molecule has 0 bridgehead atoms. The highest BCUT2D eigenvalue weighted by molar-refractivity contribution is 6.09. The zero-order valence-corrected chi connectivity index (χ0v) is 25.2. The second-order valence-electron chi connectivity index (χ2n) is 9.15. The summed E-state index contributed by atoms with van der Waals surface area (Å²) in [6.07, 6.45) is 11.9. The highest BCUT2D eigenvalue weighted by atomic mass is 16.1. The summed E-state index contributed by atoms with van der Waals surface area (Å²) in [5.41, 5.74) is 4.14. The number of hydrogen-bond acceptors (Lipinski definition) is 5. The SMILES string of the molecule is C=CCN(CC=C)c1ccc(C(=O)c2ccc(N(CC=C)CC=C)cc2)cc1.C=CCNCC=C.O=Cc1ccccc1. The van der Waals surface area contributed by atoms with Gasteiger partial charge < -0.3 is 15.1 Å². The van der Waals surface area contributed by atoms with Crippen LogP contribution in [0.3, 0.4) is 0 Å². The van der Waals surface area contributed by atoms with Gasteiger partial charge in [-0.1, -0.05) is 66.8 Å². The number of hydrogen-bond donors (Lipinski definition) is 1. The molecule has 0 amide bonds. The molecule has 0 aliphatic heterocycles. The summed E-state index contributed by atoms with van der Waals surface area (Å²) in [4.78, 5) is 27.1. The summed E-state index contributed by atoms with van der Waals surface area (Å²) < 4.78 is 0. The minimum atomic E-state index is 0.0103. The van der Waals surface area contributed by atoms with Crippen molar-refractivity contribution < 1.29 is 9.59 Å². The van der Waals surface area contributed by atoms with Crippen LogP contribution in [-0.4, -0.2) is 51.3 Å². The number of rotatable bonds is 17. The molecule has 0 unspecified atom stereocenters. The number of ketones is 1. The fourth-order valence-electron chi connectivity index (χ4n) is 3.83. The third-order valence-electron chi connectivity index (χ3n) is 5.90. The van der Waals surface area contributed by atoms with Crippen molar-refractivity contribution in [1.82, 2.24) is 5.32 Å². The molecule has 0 saturated carbocycles. The molecule has 5 heteroatoms. The van der Waals surface area contributed by atoms with Gasteiger partial charge >= 0.3 is 0 Å². The minimum Gasteiger partial charge on any atom is -0.364 e. The van der Waals surface area contributed by atoms with Gasteiger partial charge in [0.15, 0.2) is 5.78 Å². The summed E-state index contributed by atoms with van der Waals surface area (Å²) in [5, 5.41) is 3.05. The summed E-state index contributed by atoms with van der Waals surface area (Å²) in [7, 11) is 0. The van der Waals surface area contributed by atoms with Crippen LogP contribution in [0.1, 0.15) is 26.3 Å². The predicted molar refractivity (Wildman–Crippen MR) is 187 cm³/mol. The van der Waals surface area contributed by atoms with E-state index >= 15 is 0 Å². The Kier molecular flexibility index (Phi) is 19.0. The molecule has 0 heterocycles. The quantitative estimate of drug-likeness (QED) is 0.0773. The number of carbonyl (C=O) groups is 2. The first-order chi connectivity index (χ1) is 21.0. The van der Waals surface area contributed by atoms with Crippen molar-refractivity contribution >= 4 is 23.4 Å². The van der Waals surface area contributed by atoms with Crippen LogP contribution in [0.25, 0.3) is 0 Å². The Balaban J connectivity index is 0.000000501. The van der Waals surface area contributed by atoms with Crippen LogP contribution >= 0.6 is 0 Å². The molecule has 0 radical (unpaired) electrons. The lowest BCUT2D eigenvalue weighted by Crippen LogP contribution is -2.23. The lowest BCUT2D eigenvalue weighted by molar-refractivity contribution is 0.103. The standard InChI is InChI=1S/C25H28N2O.C7H6O.C6H11N/c1-5-17-26(18-6-2)23-13-9-21(10-14-23)25(28)22-11-15-24(16-12-22)27(19-7-3)20-8-4;8-6-7-4-2-1-3-5-7;1-3-5-7-6-4-2/h5-16H,1-4,17-20H2;1-6H;3-4,7H,1-2,5-6H2. The van der Waals surface area contributed by atoms with E-state index < -0.39 is 0 Å². The molecule has 1 N–H and O–H groups in total. The van der Waals surface area contributed by atoms with Gasteiger partial charge in [0.1, 0.15) is 6.29 Å². The number of carbonyl (C=O) groups excluding carboxylic acids is 2. The Bertz CT molecular complexity index is 1180. The Morgan fingerprint density at radius 3 is 1.21 bits per heavy atom. The Morgan fingerprint density at radius 1 is 0.558 bits per heavy atom. The zero-order valence-electron chi connectivity index (χ0n) is 25.2. The molecule has 0 aliphatic rings. The fraction of sp³-hybridized carbons (Fsp3) is 0.158. The number of nitrogens with one attached hydrogen (secondary N) is 1. The maximum Gasteiger partial charge on any atom is 0.193 e. The van der Waals surface area contributed by atoms with Crippen LogP contribution in [0.4, 0.5) is 11.4 Å². The number of anilines is 2. The molecule has 43 heavy (non-hydrogen) atoms. The van der Waals surface area contributed by atoms with Gasteiger partial charge in [0.05, 0.1) is 0 Å². The molecule has 0 spiro atoms. The van der Waals surface area contributed by atoms with Gasteiger partial charge in [0.25, 0.3) is 0 Å². The van der Waals surface area contributed by atoms with E-state index in [1.54, 1.807) is 12.1 Å². The topological polar surface area (TPSA) is 52.7 Å². The molecule has 5 nitrogen and oxygen atoms in total. The molecule has 0 aliphatic carbocycles. The average Bonchev–Trinajstić information content (AvgIpc) is 3.06. The third-order valence-corrected chi connectivity index (χ3v) is 5.90. The largest absolute Gasteiger partial charge is 0.364 e. The van der Waals surface area contributed by atoms with E-state index in [0.717, 1.165) is 62.5 Å². The van der Waals surface area contributed by atoms with Crippen LogP contribution in [0.2, 0.25) is 0 Å². The van der Waals surface area contributed by atoms with Gasteiger partial charge in [-0.15, -0.1) is 39.5 Å². The lowest BCUT2D eigenvalue weighted by Gasteiger charge is -2.22. The van der Waals surface area contributed by atoms with Crippen molar-refractivity contribution in [2.75, 3.05) is 49.1 Å². The Morgan fingerprint density at radius 2 is 0.930 bits per heavy atom. The van der Waals surface area contributed by atoms with E-state index in [2.05, 4.69) is 54.6 Å². The van der Waals surface area contributed by atoms with Crippen molar-refractivity contribution in [1.29, 1.82) is 0 Å². The highest BCUT2D eigenvalue weighted by Gasteiger charge is 2.11.